The Kier molecular flexibility index (Phi) is 3.32. The summed E-state index contributed by atoms with van der Waals surface area (Å²) in [6.07, 6.45) is 3.52. The highest BCUT2D eigenvalue weighted by Gasteiger charge is 2.40. The van der Waals surface area contributed by atoms with E-state index in [0.717, 1.165) is 31.8 Å². The largest absolute Gasteiger partial charge is 0.389 e. The van der Waals surface area contributed by atoms with Crippen LogP contribution < -0.4 is 0 Å². The van der Waals surface area contributed by atoms with Gasteiger partial charge in [-0.25, -0.2) is 0 Å². The lowest BCUT2D eigenvalue weighted by atomic mass is 9.79. The van der Waals surface area contributed by atoms with Crippen molar-refractivity contribution in [2.24, 2.45) is 7.05 Å². The monoisotopic (exact) mass is 266 g/mol. The second-order valence-electron chi connectivity index (χ2n) is 6.03. The van der Waals surface area contributed by atoms with Gasteiger partial charge in [0.1, 0.15) is 12.2 Å². The maximum atomic E-state index is 9.91. The lowest BCUT2D eigenvalue weighted by Crippen LogP contribution is -2.50. The van der Waals surface area contributed by atoms with Crippen LogP contribution >= 0.6 is 0 Å². The smallest absolute Gasteiger partial charge is 0.138 e. The van der Waals surface area contributed by atoms with E-state index in [1.54, 1.807) is 6.33 Å². The summed E-state index contributed by atoms with van der Waals surface area (Å²) in [7, 11) is 2.00. The summed E-state index contributed by atoms with van der Waals surface area (Å²) in [5.41, 5.74) is 0.0894. The van der Waals surface area contributed by atoms with Crippen molar-refractivity contribution in [2.75, 3.05) is 26.3 Å². The molecule has 1 N–H and O–H groups in total. The van der Waals surface area contributed by atoms with E-state index in [1.807, 2.05) is 11.6 Å². The number of piperidine rings is 1. The molecule has 19 heavy (non-hydrogen) atoms. The Bertz CT molecular complexity index is 440. The van der Waals surface area contributed by atoms with Gasteiger partial charge in [0.25, 0.3) is 0 Å². The van der Waals surface area contributed by atoms with Gasteiger partial charge in [-0.1, -0.05) is 6.92 Å². The maximum Gasteiger partial charge on any atom is 0.138 e. The molecule has 6 heteroatoms. The summed E-state index contributed by atoms with van der Waals surface area (Å²) < 4.78 is 7.36. The number of aliphatic hydroxyl groups excluding tert-OH is 1. The van der Waals surface area contributed by atoms with Crippen LogP contribution in [0, 0.1) is 0 Å². The average Bonchev–Trinajstić information content (AvgIpc) is 2.99. The van der Waals surface area contributed by atoms with E-state index in [4.69, 9.17) is 4.74 Å². The first kappa shape index (κ1) is 13.0. The van der Waals surface area contributed by atoms with E-state index in [-0.39, 0.29) is 17.6 Å². The fraction of sp³-hybridized carbons (Fsp3) is 0.846. The summed E-state index contributed by atoms with van der Waals surface area (Å²) in [6.45, 7) is 5.35. The molecule has 0 radical (unpaired) electrons. The van der Waals surface area contributed by atoms with Gasteiger partial charge in [0.15, 0.2) is 0 Å². The van der Waals surface area contributed by atoms with Crippen LogP contribution in [-0.2, 0) is 17.2 Å². The molecule has 0 amide bonds. The molecule has 2 fully saturated rings. The fourth-order valence-corrected chi connectivity index (χ4v) is 3.28. The molecule has 2 saturated heterocycles. The molecule has 3 heterocycles. The van der Waals surface area contributed by atoms with E-state index >= 15 is 0 Å². The first-order valence-corrected chi connectivity index (χ1v) is 6.94. The Hall–Kier alpha value is -0.980. The van der Waals surface area contributed by atoms with Crippen LogP contribution in [-0.4, -0.2) is 63.2 Å². The molecule has 0 unspecified atom stereocenters. The van der Waals surface area contributed by atoms with Gasteiger partial charge in [-0.15, -0.1) is 10.2 Å². The Morgan fingerprint density at radius 3 is 2.63 bits per heavy atom. The Morgan fingerprint density at radius 2 is 2.11 bits per heavy atom. The fourth-order valence-electron chi connectivity index (χ4n) is 3.28. The number of hydrogen-bond acceptors (Lipinski definition) is 5. The normalized spacial score (nSPS) is 31.7. The molecule has 6 nitrogen and oxygen atoms in total. The van der Waals surface area contributed by atoms with Crippen LogP contribution in [0.1, 0.15) is 25.6 Å². The zero-order valence-corrected chi connectivity index (χ0v) is 11.6. The van der Waals surface area contributed by atoms with Crippen LogP contribution in [0.3, 0.4) is 0 Å². The number of aryl methyl sites for hydroxylation is 1. The molecular weight excluding hydrogens is 244 g/mol. The van der Waals surface area contributed by atoms with Gasteiger partial charge in [0, 0.05) is 12.5 Å². The van der Waals surface area contributed by atoms with Gasteiger partial charge < -0.3 is 14.4 Å². The van der Waals surface area contributed by atoms with Gasteiger partial charge in [-0.2, -0.15) is 0 Å². The molecular formula is C13H22N4O2. The van der Waals surface area contributed by atoms with Crippen LogP contribution in [0.4, 0.5) is 0 Å². The number of hydrogen-bond donors (Lipinski definition) is 1. The summed E-state index contributed by atoms with van der Waals surface area (Å²) >= 11 is 0. The maximum absolute atomic E-state index is 9.91. The minimum absolute atomic E-state index is 0.0894. The Morgan fingerprint density at radius 1 is 1.37 bits per heavy atom. The quantitative estimate of drug-likeness (QED) is 0.812. The molecule has 1 aromatic heterocycles. The third kappa shape index (κ3) is 2.28. The van der Waals surface area contributed by atoms with Crippen molar-refractivity contribution in [1.29, 1.82) is 0 Å². The topological polar surface area (TPSA) is 63.4 Å². The van der Waals surface area contributed by atoms with Gasteiger partial charge in [-0.3, -0.25) is 4.90 Å². The molecule has 106 valence electrons. The standard InChI is InChI=1S/C13H22N4O2/c1-13(12-15-14-9-16(12)2)3-5-17(6-4-13)10-7-19-8-11(10)18/h9-11,18H,3-8H2,1-2H3/t10-,11-/m1/s1. The van der Waals surface area contributed by atoms with Gasteiger partial charge >= 0.3 is 0 Å². The third-order valence-electron chi connectivity index (χ3n) is 4.64. The lowest BCUT2D eigenvalue weighted by molar-refractivity contribution is 0.0522. The van der Waals surface area contributed by atoms with Gasteiger partial charge in [0.2, 0.25) is 0 Å². The van der Waals surface area contributed by atoms with Crippen LogP contribution in [0.5, 0.6) is 0 Å². The predicted molar refractivity (Wildman–Crippen MR) is 69.8 cm³/mol. The number of aromatic nitrogens is 3. The molecule has 0 spiro atoms. The van der Waals surface area contributed by atoms with E-state index in [1.165, 1.54) is 0 Å². The van der Waals surface area contributed by atoms with Crippen LogP contribution in [0.15, 0.2) is 6.33 Å². The van der Waals surface area contributed by atoms with Crippen LogP contribution in [0.2, 0.25) is 0 Å². The SMILES string of the molecule is Cn1cnnc1C1(C)CCN([C@@H]2COC[C@H]2O)CC1. The number of rotatable bonds is 2. The second kappa shape index (κ2) is 4.85. The minimum atomic E-state index is -0.334. The first-order chi connectivity index (χ1) is 9.10. The van der Waals surface area contributed by atoms with E-state index in [0.29, 0.717) is 13.2 Å². The summed E-state index contributed by atoms with van der Waals surface area (Å²) in [6, 6.07) is 0.170. The zero-order valence-electron chi connectivity index (χ0n) is 11.6. The van der Waals surface area contributed by atoms with E-state index in [9.17, 15) is 5.11 Å². The van der Waals surface area contributed by atoms with Crippen molar-refractivity contribution in [3.63, 3.8) is 0 Å². The molecule has 0 bridgehead atoms. The summed E-state index contributed by atoms with van der Waals surface area (Å²) in [5.74, 6) is 1.07. The number of ether oxygens (including phenoxy) is 1. The average molecular weight is 266 g/mol. The molecule has 0 aliphatic carbocycles. The molecule has 0 saturated carbocycles. The highest BCUT2D eigenvalue weighted by Crippen LogP contribution is 2.34. The van der Waals surface area contributed by atoms with E-state index < -0.39 is 0 Å². The highest BCUT2D eigenvalue weighted by molar-refractivity contribution is 5.08. The number of nitrogens with zero attached hydrogens (tertiary/aromatic N) is 4. The molecule has 1 aromatic rings. The zero-order chi connectivity index (χ0) is 13.5. The van der Waals surface area contributed by atoms with Crippen molar-refractivity contribution in [1.82, 2.24) is 19.7 Å². The molecule has 2 aliphatic heterocycles. The lowest BCUT2D eigenvalue weighted by Gasteiger charge is -2.41. The Labute approximate surface area is 113 Å². The van der Waals surface area contributed by atoms with Crippen LogP contribution in [0.25, 0.3) is 0 Å². The summed E-state index contributed by atoms with van der Waals surface area (Å²) in [5, 5.41) is 18.2. The second-order valence-corrected chi connectivity index (χ2v) is 6.03. The first-order valence-electron chi connectivity index (χ1n) is 6.94. The van der Waals surface area contributed by atoms with Gasteiger partial charge in [-0.05, 0) is 25.9 Å². The van der Waals surface area contributed by atoms with Crippen molar-refractivity contribution >= 4 is 0 Å². The Balaban J connectivity index is 1.67. The van der Waals surface area contributed by atoms with E-state index in [2.05, 4.69) is 22.0 Å². The van der Waals surface area contributed by atoms with Crippen molar-refractivity contribution < 1.29 is 9.84 Å². The predicted octanol–water partition coefficient (Wildman–Crippen LogP) is -0.0717. The van der Waals surface area contributed by atoms with Gasteiger partial charge in [0.05, 0.1) is 25.4 Å². The number of aliphatic hydroxyl groups is 1. The molecule has 0 aromatic carbocycles. The minimum Gasteiger partial charge on any atom is -0.389 e. The van der Waals surface area contributed by atoms with Crippen molar-refractivity contribution in [2.45, 2.75) is 37.3 Å². The summed E-state index contributed by atoms with van der Waals surface area (Å²) in [4.78, 5) is 2.36. The number of likely N-dealkylation sites (tertiary alicyclic amines) is 1. The highest BCUT2D eigenvalue weighted by atomic mass is 16.5. The van der Waals surface area contributed by atoms with Crippen molar-refractivity contribution in [3.8, 4) is 0 Å². The molecule has 2 aliphatic rings. The molecule has 2 atom stereocenters. The van der Waals surface area contributed by atoms with Crippen molar-refractivity contribution in [3.05, 3.63) is 12.2 Å². The molecule has 3 rings (SSSR count). The third-order valence-corrected chi connectivity index (χ3v) is 4.64.